The zero-order valence-electron chi connectivity index (χ0n) is 16.0. The zero-order valence-corrected chi connectivity index (χ0v) is 16.8. The Hall–Kier alpha value is -3.49. The van der Waals surface area contributed by atoms with Gasteiger partial charge in [0.1, 0.15) is 4.90 Å². The fourth-order valence-corrected chi connectivity index (χ4v) is 4.74. The maximum Gasteiger partial charge on any atom is 0.295 e. The summed E-state index contributed by atoms with van der Waals surface area (Å²) in [6.45, 7) is 3.61. The molecule has 0 atom stereocenters. The van der Waals surface area contributed by atoms with Gasteiger partial charge in [-0.2, -0.15) is 8.42 Å². The van der Waals surface area contributed by atoms with E-state index in [0.717, 1.165) is 5.56 Å². The first-order valence-electron chi connectivity index (χ1n) is 9.19. The molecule has 30 heavy (non-hydrogen) atoms. The molecule has 5 aromatic rings. The number of aromatic amines is 2. The molecule has 0 aliphatic rings. The normalized spacial score (nSPS) is 12.4. The molecule has 3 N–H and O–H groups in total. The van der Waals surface area contributed by atoms with Crippen molar-refractivity contribution >= 4 is 53.7 Å². The third kappa shape index (κ3) is 2.51. The molecule has 7 nitrogen and oxygen atoms in total. The summed E-state index contributed by atoms with van der Waals surface area (Å²) in [6.07, 6.45) is 0. The highest BCUT2D eigenvalue weighted by atomic mass is 32.2. The largest absolute Gasteiger partial charge is 0.354 e. The summed E-state index contributed by atoms with van der Waals surface area (Å²) in [5, 5.41) is 1.08. The molecule has 0 aliphatic carbocycles. The highest BCUT2D eigenvalue weighted by Gasteiger charge is 2.20. The van der Waals surface area contributed by atoms with Crippen molar-refractivity contribution < 1.29 is 13.0 Å². The molecule has 0 saturated carbocycles. The van der Waals surface area contributed by atoms with Crippen LogP contribution in [0.5, 0.6) is 0 Å². The van der Waals surface area contributed by atoms with Crippen LogP contribution in [0.2, 0.25) is 0 Å². The Bertz CT molecular complexity index is 1780. The Morgan fingerprint density at radius 1 is 0.767 bits per heavy atom. The van der Waals surface area contributed by atoms with E-state index in [0.29, 0.717) is 38.4 Å². The molecule has 0 radical (unpaired) electrons. The molecule has 0 amide bonds. The lowest BCUT2D eigenvalue weighted by atomic mass is 10.0. The summed E-state index contributed by atoms with van der Waals surface area (Å²) >= 11 is 0. The number of aromatic nitrogens is 2. The minimum atomic E-state index is -4.60. The summed E-state index contributed by atoms with van der Waals surface area (Å²) in [6, 6.07) is 11.3. The van der Waals surface area contributed by atoms with Crippen LogP contribution in [0, 0.1) is 13.8 Å². The minimum Gasteiger partial charge on any atom is -0.354 e. The summed E-state index contributed by atoms with van der Waals surface area (Å²) in [5.74, 6) is 0. The number of benzene rings is 3. The Balaban J connectivity index is 2.04. The lowest BCUT2D eigenvalue weighted by Gasteiger charge is -2.10. The quantitative estimate of drug-likeness (QED) is 0.283. The molecule has 2 heterocycles. The van der Waals surface area contributed by atoms with Crippen LogP contribution in [-0.2, 0) is 10.1 Å². The fraction of sp³-hybridized carbons (Fsp3) is 0.0909. The molecule has 0 saturated heterocycles. The van der Waals surface area contributed by atoms with E-state index >= 15 is 0 Å². The first-order chi connectivity index (χ1) is 14.2. The highest BCUT2D eigenvalue weighted by molar-refractivity contribution is 7.86. The van der Waals surface area contributed by atoms with E-state index in [2.05, 4.69) is 9.97 Å². The predicted molar refractivity (Wildman–Crippen MR) is 117 cm³/mol. The second kappa shape index (κ2) is 6.01. The van der Waals surface area contributed by atoms with Crippen LogP contribution in [0.15, 0.2) is 56.9 Å². The first-order valence-corrected chi connectivity index (χ1v) is 10.6. The standard InChI is InChI=1S/C22H16N2O5S/c1-10-4-3-5-12-19(10)23-15-9-14-16(8-13(15)21(12)25)24-20-11(2)6-7-17(30(27,28)29)18(20)22(14)26/h3-9H,1-2H3,(H,23,25)(H,24,26)(H,27,28,29). The molecule has 0 bridgehead atoms. The van der Waals surface area contributed by atoms with E-state index < -0.39 is 20.4 Å². The van der Waals surface area contributed by atoms with Gasteiger partial charge in [-0.3, -0.25) is 14.1 Å². The van der Waals surface area contributed by atoms with E-state index in [1.165, 1.54) is 12.1 Å². The maximum absolute atomic E-state index is 13.3. The van der Waals surface area contributed by atoms with Crippen LogP contribution in [0.25, 0.3) is 43.6 Å². The molecular formula is C22H16N2O5S. The number of hydrogen-bond donors (Lipinski definition) is 3. The van der Waals surface area contributed by atoms with E-state index in [4.69, 9.17) is 0 Å². The van der Waals surface area contributed by atoms with Gasteiger partial charge in [0.15, 0.2) is 10.9 Å². The van der Waals surface area contributed by atoms with Crippen molar-refractivity contribution in [1.82, 2.24) is 9.97 Å². The Kier molecular flexibility index (Phi) is 3.71. The van der Waals surface area contributed by atoms with Crippen molar-refractivity contribution in [3.05, 3.63) is 74.0 Å². The van der Waals surface area contributed by atoms with Crippen LogP contribution in [0.3, 0.4) is 0 Å². The van der Waals surface area contributed by atoms with Gasteiger partial charge in [-0.25, -0.2) is 0 Å². The van der Waals surface area contributed by atoms with Crippen molar-refractivity contribution in [1.29, 1.82) is 0 Å². The Labute approximate surface area is 169 Å². The van der Waals surface area contributed by atoms with Gasteiger partial charge in [-0.1, -0.05) is 18.2 Å². The number of para-hydroxylation sites is 1. The Morgan fingerprint density at radius 2 is 1.37 bits per heavy atom. The van der Waals surface area contributed by atoms with E-state index in [1.54, 1.807) is 25.1 Å². The number of fused-ring (bicyclic) bond motifs is 4. The van der Waals surface area contributed by atoms with Gasteiger partial charge >= 0.3 is 0 Å². The summed E-state index contributed by atoms with van der Waals surface area (Å²) in [4.78, 5) is 32.2. The van der Waals surface area contributed by atoms with Gasteiger partial charge < -0.3 is 9.97 Å². The van der Waals surface area contributed by atoms with Gasteiger partial charge in [-0.05, 0) is 49.2 Å². The van der Waals surface area contributed by atoms with Gasteiger partial charge in [0, 0.05) is 16.2 Å². The Morgan fingerprint density at radius 3 is 2.03 bits per heavy atom. The van der Waals surface area contributed by atoms with Crippen LogP contribution >= 0.6 is 0 Å². The summed E-state index contributed by atoms with van der Waals surface area (Å²) in [5.41, 5.74) is 2.70. The molecule has 0 aliphatic heterocycles. The van der Waals surface area contributed by atoms with E-state index in [1.807, 2.05) is 19.1 Å². The van der Waals surface area contributed by atoms with Crippen molar-refractivity contribution in [2.45, 2.75) is 18.7 Å². The molecule has 5 rings (SSSR count). The zero-order chi connectivity index (χ0) is 21.4. The lowest BCUT2D eigenvalue weighted by molar-refractivity contribution is 0.484. The molecule has 150 valence electrons. The summed E-state index contributed by atoms with van der Waals surface area (Å²) in [7, 11) is -4.60. The topological polar surface area (TPSA) is 120 Å². The molecular weight excluding hydrogens is 404 g/mol. The minimum absolute atomic E-state index is 0.108. The van der Waals surface area contributed by atoms with Gasteiger partial charge in [-0.15, -0.1) is 0 Å². The number of nitrogens with one attached hydrogen (secondary N) is 2. The van der Waals surface area contributed by atoms with Crippen LogP contribution < -0.4 is 10.9 Å². The first kappa shape index (κ1) is 18.5. The van der Waals surface area contributed by atoms with E-state index in [9.17, 15) is 22.6 Å². The number of aryl methyl sites for hydroxylation is 2. The van der Waals surface area contributed by atoms with Crippen LogP contribution in [0.4, 0.5) is 0 Å². The van der Waals surface area contributed by atoms with Crippen LogP contribution in [0.1, 0.15) is 11.1 Å². The lowest BCUT2D eigenvalue weighted by Crippen LogP contribution is -2.12. The monoisotopic (exact) mass is 420 g/mol. The number of hydrogen-bond acceptors (Lipinski definition) is 4. The number of H-pyrrole nitrogens is 2. The molecule has 0 spiro atoms. The number of pyridine rings is 2. The predicted octanol–water partition coefficient (Wildman–Crippen LogP) is 3.54. The van der Waals surface area contributed by atoms with E-state index in [-0.39, 0.29) is 16.2 Å². The smallest absolute Gasteiger partial charge is 0.295 e. The highest BCUT2D eigenvalue weighted by Crippen LogP contribution is 2.27. The third-order valence-electron chi connectivity index (χ3n) is 5.56. The van der Waals surface area contributed by atoms with Crippen molar-refractivity contribution in [3.63, 3.8) is 0 Å². The molecule has 3 aromatic carbocycles. The maximum atomic E-state index is 13.3. The molecule has 2 aromatic heterocycles. The third-order valence-corrected chi connectivity index (χ3v) is 6.46. The molecule has 0 fully saturated rings. The van der Waals surface area contributed by atoms with Gasteiger partial charge in [0.25, 0.3) is 10.1 Å². The van der Waals surface area contributed by atoms with Gasteiger partial charge in [0.05, 0.1) is 27.5 Å². The molecule has 8 heteroatoms. The molecule has 0 unspecified atom stereocenters. The van der Waals surface area contributed by atoms with Crippen molar-refractivity contribution in [2.24, 2.45) is 0 Å². The second-order valence-electron chi connectivity index (χ2n) is 7.45. The van der Waals surface area contributed by atoms with Crippen molar-refractivity contribution in [3.8, 4) is 0 Å². The SMILES string of the molecule is Cc1cccc2c(=O)c3cc4[nH]c5c(C)ccc(S(=O)(=O)O)c5c(=O)c4cc3[nH]c12. The average Bonchev–Trinajstić information content (AvgIpc) is 2.68. The van der Waals surface area contributed by atoms with Crippen molar-refractivity contribution in [2.75, 3.05) is 0 Å². The second-order valence-corrected chi connectivity index (χ2v) is 8.84. The van der Waals surface area contributed by atoms with Crippen LogP contribution in [-0.4, -0.2) is 22.9 Å². The van der Waals surface area contributed by atoms with Gasteiger partial charge in [0.2, 0.25) is 0 Å². The fourth-order valence-electron chi connectivity index (χ4n) is 4.04. The summed E-state index contributed by atoms with van der Waals surface area (Å²) < 4.78 is 33.3. The number of rotatable bonds is 1. The average molecular weight is 420 g/mol.